The van der Waals surface area contributed by atoms with Crippen LogP contribution >= 0.6 is 15.9 Å². The van der Waals surface area contributed by atoms with E-state index < -0.39 is 5.54 Å². The summed E-state index contributed by atoms with van der Waals surface area (Å²) in [5.41, 5.74) is 6.20. The van der Waals surface area contributed by atoms with Crippen molar-refractivity contribution in [3.8, 4) is 0 Å². The van der Waals surface area contributed by atoms with E-state index in [4.69, 9.17) is 5.73 Å². The molecule has 3 N–H and O–H groups in total. The average Bonchev–Trinajstić information content (AvgIpc) is 3.09. The molecule has 0 radical (unpaired) electrons. The lowest BCUT2D eigenvalue weighted by atomic mass is 9.89. The van der Waals surface area contributed by atoms with Crippen LogP contribution in [-0.4, -0.2) is 33.9 Å². The number of likely N-dealkylation sites (tertiary alicyclic amines) is 1. The molecule has 1 aliphatic rings. The highest BCUT2D eigenvalue weighted by atomic mass is 79.9. The predicted molar refractivity (Wildman–Crippen MR) is 92.8 cm³/mol. The van der Waals surface area contributed by atoms with E-state index in [1.165, 1.54) is 0 Å². The lowest BCUT2D eigenvalue weighted by Crippen LogP contribution is -2.52. The Morgan fingerprint density at radius 3 is 2.57 bits per heavy atom. The minimum atomic E-state index is -1.00. The topological polar surface area (TPSA) is 75.0 Å². The van der Waals surface area contributed by atoms with E-state index in [1.807, 2.05) is 35.4 Å². The molecule has 0 aliphatic carbocycles. The maximum Gasteiger partial charge on any atom is 0.246 e. The summed E-state index contributed by atoms with van der Waals surface area (Å²) in [5, 5.41) is 0. The number of amides is 1. The predicted octanol–water partition coefficient (Wildman–Crippen LogP) is 2.75. The van der Waals surface area contributed by atoms with Crippen LogP contribution in [-0.2, 0) is 10.3 Å². The van der Waals surface area contributed by atoms with E-state index in [1.54, 1.807) is 13.1 Å². The molecule has 1 fully saturated rings. The number of carbonyl (C=O) groups excluding carboxylic acids is 1. The van der Waals surface area contributed by atoms with Gasteiger partial charge in [-0.2, -0.15) is 0 Å². The number of benzene rings is 1. The van der Waals surface area contributed by atoms with Crippen LogP contribution in [0.3, 0.4) is 0 Å². The largest absolute Gasteiger partial charge is 0.348 e. The number of imidazole rings is 1. The van der Waals surface area contributed by atoms with Crippen LogP contribution in [0.4, 0.5) is 0 Å². The number of nitrogens with zero attached hydrogens (tertiary/aromatic N) is 2. The first-order valence-corrected chi connectivity index (χ1v) is 8.61. The van der Waals surface area contributed by atoms with Crippen LogP contribution in [0.1, 0.15) is 37.1 Å². The fourth-order valence-corrected chi connectivity index (χ4v) is 3.37. The molecule has 1 aromatic carbocycles. The zero-order valence-electron chi connectivity index (χ0n) is 13.1. The van der Waals surface area contributed by atoms with E-state index in [-0.39, 0.29) is 5.91 Å². The zero-order chi connectivity index (χ0) is 16.4. The molecule has 0 spiro atoms. The van der Waals surface area contributed by atoms with Crippen LogP contribution in [0.5, 0.6) is 0 Å². The number of piperidine rings is 1. The molecule has 6 heteroatoms. The number of nitrogens with two attached hydrogens (primary N) is 1. The smallest absolute Gasteiger partial charge is 0.246 e. The van der Waals surface area contributed by atoms with Crippen LogP contribution in [0, 0.1) is 0 Å². The van der Waals surface area contributed by atoms with Crippen molar-refractivity contribution in [1.82, 2.24) is 14.9 Å². The number of nitrogens with one attached hydrogen (secondary N) is 1. The van der Waals surface area contributed by atoms with Crippen molar-refractivity contribution in [3.63, 3.8) is 0 Å². The molecule has 0 bridgehead atoms. The third-order valence-electron chi connectivity index (χ3n) is 4.58. The number of carbonyl (C=O) groups is 1. The van der Waals surface area contributed by atoms with Crippen molar-refractivity contribution in [2.45, 2.75) is 31.2 Å². The fraction of sp³-hybridized carbons (Fsp3) is 0.412. The fourth-order valence-electron chi connectivity index (χ4n) is 3.10. The standard InChI is InChI=1S/C17H21BrN4O/c1-17(19,13-2-4-14(18)5-3-13)16(23)22-10-6-12(7-11-22)15-20-8-9-21-15/h2-5,8-9,12H,6-7,10-11,19H2,1H3,(H,20,21). The van der Waals surface area contributed by atoms with Crippen molar-refractivity contribution in [1.29, 1.82) is 0 Å². The van der Waals surface area contributed by atoms with Gasteiger partial charge in [-0.15, -0.1) is 0 Å². The van der Waals surface area contributed by atoms with Gasteiger partial charge in [-0.1, -0.05) is 28.1 Å². The molecule has 1 aromatic heterocycles. The summed E-state index contributed by atoms with van der Waals surface area (Å²) in [6.45, 7) is 3.22. The minimum absolute atomic E-state index is 0.0160. The molecule has 23 heavy (non-hydrogen) atoms. The number of H-pyrrole nitrogens is 1. The van der Waals surface area contributed by atoms with Gasteiger partial charge in [0.15, 0.2) is 0 Å². The summed E-state index contributed by atoms with van der Waals surface area (Å²) in [6.07, 6.45) is 5.44. The number of aromatic amines is 1. The highest BCUT2D eigenvalue weighted by molar-refractivity contribution is 9.10. The molecule has 1 saturated heterocycles. The highest BCUT2D eigenvalue weighted by Gasteiger charge is 2.36. The quantitative estimate of drug-likeness (QED) is 0.864. The Labute approximate surface area is 144 Å². The summed E-state index contributed by atoms with van der Waals surface area (Å²) in [7, 11) is 0. The van der Waals surface area contributed by atoms with Gasteiger partial charge >= 0.3 is 0 Å². The van der Waals surface area contributed by atoms with E-state index in [0.29, 0.717) is 19.0 Å². The minimum Gasteiger partial charge on any atom is -0.348 e. The summed E-state index contributed by atoms with van der Waals surface area (Å²) in [4.78, 5) is 22.2. The zero-order valence-corrected chi connectivity index (χ0v) is 14.7. The normalized spacial score (nSPS) is 18.7. The SMILES string of the molecule is CC(N)(C(=O)N1CCC(c2ncc[nH]2)CC1)c1ccc(Br)cc1. The Balaban J connectivity index is 1.67. The molecule has 1 aliphatic heterocycles. The van der Waals surface area contributed by atoms with Crippen molar-refractivity contribution in [2.24, 2.45) is 5.73 Å². The molecule has 5 nitrogen and oxygen atoms in total. The summed E-state index contributed by atoms with van der Waals surface area (Å²) in [6, 6.07) is 7.63. The second kappa shape index (κ2) is 6.45. The molecule has 1 atom stereocenters. The van der Waals surface area contributed by atoms with Gasteiger partial charge in [-0.3, -0.25) is 4.79 Å². The first-order chi connectivity index (χ1) is 11.0. The van der Waals surface area contributed by atoms with Crippen LogP contribution in [0.25, 0.3) is 0 Å². The number of halogens is 1. The molecule has 0 saturated carbocycles. The Morgan fingerprint density at radius 1 is 1.35 bits per heavy atom. The number of rotatable bonds is 3. The Bertz CT molecular complexity index is 658. The second-order valence-corrected chi connectivity index (χ2v) is 7.17. The van der Waals surface area contributed by atoms with Gasteiger partial charge in [0.1, 0.15) is 11.4 Å². The second-order valence-electron chi connectivity index (χ2n) is 6.25. The van der Waals surface area contributed by atoms with Gasteiger partial charge in [-0.05, 0) is 37.5 Å². The molecule has 122 valence electrons. The number of hydrogen-bond donors (Lipinski definition) is 2. The molecular formula is C17H21BrN4O. The van der Waals surface area contributed by atoms with Gasteiger partial charge in [-0.25, -0.2) is 4.98 Å². The third kappa shape index (κ3) is 3.33. The van der Waals surface area contributed by atoms with Crippen LogP contribution < -0.4 is 5.73 Å². The van der Waals surface area contributed by atoms with Crippen molar-refractivity contribution in [3.05, 3.63) is 52.5 Å². The average molecular weight is 377 g/mol. The molecule has 1 unspecified atom stereocenters. The van der Waals surface area contributed by atoms with E-state index >= 15 is 0 Å². The van der Waals surface area contributed by atoms with Crippen molar-refractivity contribution in [2.75, 3.05) is 13.1 Å². The van der Waals surface area contributed by atoms with Crippen LogP contribution in [0.15, 0.2) is 41.1 Å². The molecule has 2 aromatic rings. The lowest BCUT2D eigenvalue weighted by Gasteiger charge is -2.36. The summed E-state index contributed by atoms with van der Waals surface area (Å²) >= 11 is 3.41. The summed E-state index contributed by atoms with van der Waals surface area (Å²) < 4.78 is 0.976. The maximum atomic E-state index is 12.9. The first-order valence-electron chi connectivity index (χ1n) is 7.82. The van der Waals surface area contributed by atoms with E-state index in [9.17, 15) is 4.79 Å². The van der Waals surface area contributed by atoms with E-state index in [0.717, 1.165) is 28.7 Å². The lowest BCUT2D eigenvalue weighted by molar-refractivity contribution is -0.137. The highest BCUT2D eigenvalue weighted by Crippen LogP contribution is 2.29. The molecule has 3 rings (SSSR count). The van der Waals surface area contributed by atoms with Gasteiger partial charge in [0.2, 0.25) is 5.91 Å². The number of aromatic nitrogens is 2. The Morgan fingerprint density at radius 2 is 2.00 bits per heavy atom. The molecule has 1 amide bonds. The molecule has 2 heterocycles. The van der Waals surface area contributed by atoms with Gasteiger partial charge < -0.3 is 15.6 Å². The first kappa shape index (κ1) is 16.2. The maximum absolute atomic E-state index is 12.9. The van der Waals surface area contributed by atoms with E-state index in [2.05, 4.69) is 25.9 Å². The monoisotopic (exact) mass is 376 g/mol. The summed E-state index contributed by atoms with van der Waals surface area (Å²) in [5.74, 6) is 1.39. The third-order valence-corrected chi connectivity index (χ3v) is 5.11. The van der Waals surface area contributed by atoms with Gasteiger partial charge in [0, 0.05) is 35.9 Å². The van der Waals surface area contributed by atoms with Crippen molar-refractivity contribution >= 4 is 21.8 Å². The van der Waals surface area contributed by atoms with Gasteiger partial charge in [0.05, 0.1) is 0 Å². The Hall–Kier alpha value is -1.66. The van der Waals surface area contributed by atoms with Crippen molar-refractivity contribution < 1.29 is 4.79 Å². The molecular weight excluding hydrogens is 356 g/mol. The van der Waals surface area contributed by atoms with Crippen LogP contribution in [0.2, 0.25) is 0 Å². The Kier molecular flexibility index (Phi) is 4.55. The number of hydrogen-bond acceptors (Lipinski definition) is 3. The van der Waals surface area contributed by atoms with Gasteiger partial charge in [0.25, 0.3) is 0 Å².